The number of hydrogen-bond acceptors (Lipinski definition) is 3. The molecule has 0 spiro atoms. The summed E-state index contributed by atoms with van der Waals surface area (Å²) in [5, 5.41) is 3.49. The quantitative estimate of drug-likeness (QED) is 0.749. The Morgan fingerprint density at radius 1 is 1.20 bits per heavy atom. The molecule has 3 rings (SSSR count). The highest BCUT2D eigenvalue weighted by Crippen LogP contribution is 2.23. The summed E-state index contributed by atoms with van der Waals surface area (Å²) >= 11 is 0. The number of halogens is 1. The van der Waals surface area contributed by atoms with Crippen LogP contribution in [-0.4, -0.2) is 18.0 Å². The number of aromatic nitrogens is 1. The van der Waals surface area contributed by atoms with Gasteiger partial charge >= 0.3 is 0 Å². The van der Waals surface area contributed by atoms with Gasteiger partial charge in [-0.15, -0.1) is 0 Å². The van der Waals surface area contributed by atoms with E-state index in [9.17, 15) is 14.0 Å². The van der Waals surface area contributed by atoms with Gasteiger partial charge in [-0.2, -0.15) is 0 Å². The van der Waals surface area contributed by atoms with Gasteiger partial charge in [0, 0.05) is 12.0 Å². The molecule has 0 fully saturated rings. The predicted molar refractivity (Wildman–Crippen MR) is 94.5 cm³/mol. The van der Waals surface area contributed by atoms with E-state index < -0.39 is 5.82 Å². The number of H-pyrrole nitrogens is 1. The minimum atomic E-state index is -0.410. The van der Waals surface area contributed by atoms with Gasteiger partial charge in [-0.25, -0.2) is 4.39 Å². The van der Waals surface area contributed by atoms with Crippen LogP contribution >= 0.6 is 0 Å². The molecular weight excluding hydrogens is 323 g/mol. The van der Waals surface area contributed by atoms with Gasteiger partial charge in [0.2, 0.25) is 5.91 Å². The first-order chi connectivity index (χ1) is 12.1. The van der Waals surface area contributed by atoms with Crippen LogP contribution in [0.25, 0.3) is 10.9 Å². The molecule has 0 radical (unpaired) electrons. The molecule has 128 valence electrons. The molecule has 25 heavy (non-hydrogen) atoms. The van der Waals surface area contributed by atoms with E-state index in [4.69, 9.17) is 4.74 Å². The van der Waals surface area contributed by atoms with Gasteiger partial charge in [-0.1, -0.05) is 12.1 Å². The topological polar surface area (TPSA) is 71.2 Å². The van der Waals surface area contributed by atoms with E-state index in [2.05, 4.69) is 10.3 Å². The van der Waals surface area contributed by atoms with Crippen LogP contribution in [0.2, 0.25) is 0 Å². The van der Waals surface area contributed by atoms with Crippen molar-refractivity contribution >= 4 is 22.5 Å². The molecule has 0 aliphatic heterocycles. The molecule has 2 N–H and O–H groups in total. The molecule has 1 amide bonds. The van der Waals surface area contributed by atoms with E-state index in [1.807, 2.05) is 6.07 Å². The third-order valence-corrected chi connectivity index (χ3v) is 3.89. The maximum Gasteiger partial charge on any atom is 0.251 e. The molecule has 1 heterocycles. The molecule has 2 aromatic carbocycles. The minimum absolute atomic E-state index is 0.147. The monoisotopic (exact) mass is 340 g/mol. The SMILES string of the molecule is COc1ccccc1NC(=O)CCc1cc2ccc(F)cc2[nH]c1=O. The lowest BCUT2D eigenvalue weighted by atomic mass is 10.1. The Balaban J connectivity index is 1.72. The number of hydrogen-bond donors (Lipinski definition) is 2. The van der Waals surface area contributed by atoms with Crippen molar-refractivity contribution in [3.63, 3.8) is 0 Å². The Morgan fingerprint density at radius 2 is 2.00 bits per heavy atom. The summed E-state index contributed by atoms with van der Waals surface area (Å²) in [6.07, 6.45) is 0.428. The first kappa shape index (κ1) is 16.7. The molecular formula is C19H17FN2O3. The standard InChI is InChI=1S/C19H17FN2O3/c1-25-17-5-3-2-4-15(17)21-18(23)9-7-13-10-12-6-8-14(20)11-16(12)22-19(13)24/h2-6,8,10-11H,7,9H2,1H3,(H,21,23)(H,22,24). The number of para-hydroxylation sites is 2. The van der Waals surface area contributed by atoms with Crippen molar-refractivity contribution in [2.24, 2.45) is 0 Å². The summed E-state index contributed by atoms with van der Waals surface area (Å²) in [5.74, 6) is -0.0587. The largest absolute Gasteiger partial charge is 0.495 e. The van der Waals surface area contributed by atoms with Crippen LogP contribution in [0.15, 0.2) is 53.3 Å². The Hall–Kier alpha value is -3.15. The van der Waals surface area contributed by atoms with Crippen molar-refractivity contribution in [2.45, 2.75) is 12.8 Å². The summed E-state index contributed by atoms with van der Waals surface area (Å²) in [6, 6.07) is 13.0. The lowest BCUT2D eigenvalue weighted by Gasteiger charge is -2.09. The Morgan fingerprint density at radius 3 is 2.80 bits per heavy atom. The number of fused-ring (bicyclic) bond motifs is 1. The number of rotatable bonds is 5. The van der Waals surface area contributed by atoms with Crippen LogP contribution in [0, 0.1) is 5.82 Å². The molecule has 0 aliphatic rings. The second-order valence-electron chi connectivity index (χ2n) is 5.60. The van der Waals surface area contributed by atoms with Crippen molar-refractivity contribution < 1.29 is 13.9 Å². The second-order valence-corrected chi connectivity index (χ2v) is 5.60. The third-order valence-electron chi connectivity index (χ3n) is 3.89. The molecule has 0 atom stereocenters. The fourth-order valence-electron chi connectivity index (χ4n) is 2.61. The average Bonchev–Trinajstić information content (AvgIpc) is 2.60. The van der Waals surface area contributed by atoms with E-state index in [0.29, 0.717) is 22.5 Å². The van der Waals surface area contributed by atoms with Gasteiger partial charge in [0.15, 0.2) is 0 Å². The normalized spacial score (nSPS) is 10.6. The van der Waals surface area contributed by atoms with Gasteiger partial charge < -0.3 is 15.0 Å². The van der Waals surface area contributed by atoms with Gasteiger partial charge in [0.05, 0.1) is 18.3 Å². The number of nitrogens with one attached hydrogen (secondary N) is 2. The number of benzene rings is 2. The zero-order valence-corrected chi connectivity index (χ0v) is 13.6. The zero-order valence-electron chi connectivity index (χ0n) is 13.6. The molecule has 0 bridgehead atoms. The van der Waals surface area contributed by atoms with Crippen molar-refractivity contribution in [1.82, 2.24) is 4.98 Å². The van der Waals surface area contributed by atoms with Crippen LogP contribution in [0.1, 0.15) is 12.0 Å². The van der Waals surface area contributed by atoms with Gasteiger partial charge in [-0.3, -0.25) is 9.59 Å². The van der Waals surface area contributed by atoms with E-state index in [1.54, 1.807) is 30.3 Å². The third kappa shape index (κ3) is 3.85. The number of methoxy groups -OCH3 is 1. The van der Waals surface area contributed by atoms with Crippen LogP contribution in [0.3, 0.4) is 0 Å². The molecule has 0 aliphatic carbocycles. The summed E-state index contributed by atoms with van der Waals surface area (Å²) in [6.45, 7) is 0. The van der Waals surface area contributed by atoms with Crippen LogP contribution in [0.4, 0.5) is 10.1 Å². The lowest BCUT2D eigenvalue weighted by molar-refractivity contribution is -0.116. The molecule has 3 aromatic rings. The molecule has 0 unspecified atom stereocenters. The second kappa shape index (κ2) is 7.17. The highest BCUT2D eigenvalue weighted by molar-refractivity contribution is 5.92. The fraction of sp³-hybridized carbons (Fsp3) is 0.158. The first-order valence-electron chi connectivity index (χ1n) is 7.81. The zero-order chi connectivity index (χ0) is 17.8. The average molecular weight is 340 g/mol. The number of pyridine rings is 1. The fourth-order valence-corrected chi connectivity index (χ4v) is 2.61. The minimum Gasteiger partial charge on any atom is -0.495 e. The molecule has 6 heteroatoms. The van der Waals surface area contributed by atoms with Crippen LogP contribution < -0.4 is 15.6 Å². The number of ether oxygens (including phenoxy) is 1. The predicted octanol–water partition coefficient (Wildman–Crippen LogP) is 3.25. The summed E-state index contributed by atoms with van der Waals surface area (Å²) < 4.78 is 18.4. The number of carbonyl (C=O) groups is 1. The number of anilines is 1. The van der Waals surface area contributed by atoms with E-state index in [1.165, 1.54) is 19.2 Å². The van der Waals surface area contributed by atoms with Crippen molar-refractivity contribution in [2.75, 3.05) is 12.4 Å². The molecule has 0 saturated heterocycles. The molecule has 5 nitrogen and oxygen atoms in total. The van der Waals surface area contributed by atoms with Gasteiger partial charge in [0.1, 0.15) is 11.6 Å². The Kier molecular flexibility index (Phi) is 4.79. The summed E-state index contributed by atoms with van der Waals surface area (Å²) in [5.41, 5.74) is 1.18. The number of carbonyl (C=O) groups excluding carboxylic acids is 1. The highest BCUT2D eigenvalue weighted by Gasteiger charge is 2.10. The van der Waals surface area contributed by atoms with Crippen molar-refractivity contribution in [1.29, 1.82) is 0 Å². The Bertz CT molecular complexity index is 982. The van der Waals surface area contributed by atoms with E-state index in [-0.39, 0.29) is 24.3 Å². The van der Waals surface area contributed by atoms with E-state index >= 15 is 0 Å². The number of amides is 1. The van der Waals surface area contributed by atoms with Gasteiger partial charge in [0.25, 0.3) is 5.56 Å². The maximum atomic E-state index is 13.2. The number of aryl methyl sites for hydroxylation is 1. The summed E-state index contributed by atoms with van der Waals surface area (Å²) in [7, 11) is 1.53. The van der Waals surface area contributed by atoms with Crippen LogP contribution in [0.5, 0.6) is 5.75 Å². The molecule has 0 saturated carbocycles. The first-order valence-corrected chi connectivity index (χ1v) is 7.81. The summed E-state index contributed by atoms with van der Waals surface area (Å²) in [4.78, 5) is 26.9. The van der Waals surface area contributed by atoms with Crippen molar-refractivity contribution in [3.8, 4) is 5.75 Å². The smallest absolute Gasteiger partial charge is 0.251 e. The maximum absolute atomic E-state index is 13.2. The number of aromatic amines is 1. The van der Waals surface area contributed by atoms with Crippen molar-refractivity contribution in [3.05, 3.63) is 70.3 Å². The van der Waals surface area contributed by atoms with E-state index in [0.717, 1.165) is 5.39 Å². The Labute approximate surface area is 143 Å². The lowest BCUT2D eigenvalue weighted by Crippen LogP contribution is -2.17. The highest BCUT2D eigenvalue weighted by atomic mass is 19.1. The van der Waals surface area contributed by atoms with Crippen LogP contribution in [-0.2, 0) is 11.2 Å². The molecule has 1 aromatic heterocycles. The van der Waals surface area contributed by atoms with Gasteiger partial charge in [-0.05, 0) is 48.2 Å².